The average molecular weight is 459 g/mol. The molecule has 1 amide bonds. The SMILES string of the molecule is CCc1cc(=O)oc2cc(OCC(=O)Nc3cc(C(F)(F)F)cc(C(F)(F)F)c3)ccc12. The normalized spacial score (nSPS) is 12.1. The molecular formula is C21H15F6NO4. The largest absolute Gasteiger partial charge is 0.484 e. The van der Waals surface area contributed by atoms with E-state index in [-0.39, 0.29) is 17.4 Å². The Morgan fingerprint density at radius 2 is 1.59 bits per heavy atom. The smallest absolute Gasteiger partial charge is 0.416 e. The van der Waals surface area contributed by atoms with Crippen LogP contribution in [0.3, 0.4) is 0 Å². The number of rotatable bonds is 5. The van der Waals surface area contributed by atoms with Crippen LogP contribution in [0.25, 0.3) is 11.0 Å². The molecule has 0 aliphatic carbocycles. The fraction of sp³-hybridized carbons (Fsp3) is 0.238. The molecule has 3 rings (SSSR count). The number of anilines is 1. The van der Waals surface area contributed by atoms with Gasteiger partial charge >= 0.3 is 18.0 Å². The molecule has 32 heavy (non-hydrogen) atoms. The number of fused-ring (bicyclic) bond motifs is 1. The minimum Gasteiger partial charge on any atom is -0.484 e. The number of hydrogen-bond acceptors (Lipinski definition) is 4. The van der Waals surface area contributed by atoms with Gasteiger partial charge in [-0.1, -0.05) is 6.92 Å². The molecule has 0 fully saturated rings. The molecular weight excluding hydrogens is 444 g/mol. The zero-order valence-electron chi connectivity index (χ0n) is 16.4. The van der Waals surface area contributed by atoms with Crippen molar-refractivity contribution >= 4 is 22.6 Å². The van der Waals surface area contributed by atoms with Gasteiger partial charge in [0.15, 0.2) is 6.61 Å². The number of nitrogens with one attached hydrogen (secondary N) is 1. The molecule has 0 aliphatic heterocycles. The number of hydrogen-bond donors (Lipinski definition) is 1. The van der Waals surface area contributed by atoms with Crippen LogP contribution < -0.4 is 15.7 Å². The van der Waals surface area contributed by atoms with Gasteiger partial charge in [-0.2, -0.15) is 26.3 Å². The summed E-state index contributed by atoms with van der Waals surface area (Å²) in [7, 11) is 0. The molecule has 0 saturated carbocycles. The van der Waals surface area contributed by atoms with Gasteiger partial charge in [-0.25, -0.2) is 4.79 Å². The molecule has 0 saturated heterocycles. The number of aryl methyl sites for hydroxylation is 1. The summed E-state index contributed by atoms with van der Waals surface area (Å²) in [6.07, 6.45) is -9.51. The lowest BCUT2D eigenvalue weighted by Crippen LogP contribution is -2.21. The summed E-state index contributed by atoms with van der Waals surface area (Å²) >= 11 is 0. The molecule has 0 bridgehead atoms. The van der Waals surface area contributed by atoms with Crippen LogP contribution in [0.2, 0.25) is 0 Å². The second-order valence-corrected chi connectivity index (χ2v) is 6.73. The van der Waals surface area contributed by atoms with Crippen LogP contribution in [-0.4, -0.2) is 12.5 Å². The van der Waals surface area contributed by atoms with Crippen LogP contribution in [0, 0.1) is 0 Å². The zero-order chi connectivity index (χ0) is 23.7. The van der Waals surface area contributed by atoms with Crippen molar-refractivity contribution in [3.05, 3.63) is 69.6 Å². The number of alkyl halides is 6. The van der Waals surface area contributed by atoms with E-state index in [0.29, 0.717) is 23.9 Å². The monoisotopic (exact) mass is 459 g/mol. The quantitative estimate of drug-likeness (QED) is 0.409. The van der Waals surface area contributed by atoms with Crippen LogP contribution >= 0.6 is 0 Å². The first-order valence-corrected chi connectivity index (χ1v) is 9.15. The lowest BCUT2D eigenvalue weighted by Gasteiger charge is -2.15. The summed E-state index contributed by atoms with van der Waals surface area (Å²) in [5.41, 5.74) is -3.42. The number of amides is 1. The Labute approximate surface area is 176 Å². The fourth-order valence-corrected chi connectivity index (χ4v) is 2.97. The van der Waals surface area contributed by atoms with Gasteiger partial charge in [0.25, 0.3) is 5.91 Å². The van der Waals surface area contributed by atoms with E-state index in [9.17, 15) is 35.9 Å². The highest BCUT2D eigenvalue weighted by Crippen LogP contribution is 2.37. The molecule has 0 radical (unpaired) electrons. The summed E-state index contributed by atoms with van der Waals surface area (Å²) in [5, 5.41) is 2.62. The zero-order valence-corrected chi connectivity index (χ0v) is 16.4. The third-order valence-electron chi connectivity index (χ3n) is 4.42. The van der Waals surface area contributed by atoms with E-state index in [1.54, 1.807) is 6.07 Å². The first kappa shape index (κ1) is 23.2. The van der Waals surface area contributed by atoms with Crippen molar-refractivity contribution in [3.8, 4) is 5.75 Å². The molecule has 0 aliphatic rings. The molecule has 1 aromatic heterocycles. The Kier molecular flexibility index (Phi) is 6.20. The predicted octanol–water partition coefficient (Wildman–Crippen LogP) is 5.41. The summed E-state index contributed by atoms with van der Waals surface area (Å²) in [4.78, 5) is 23.7. The van der Waals surface area contributed by atoms with Gasteiger partial charge in [0.05, 0.1) is 11.1 Å². The Bertz CT molecular complexity index is 1180. The van der Waals surface area contributed by atoms with E-state index >= 15 is 0 Å². The molecule has 11 heteroatoms. The third-order valence-corrected chi connectivity index (χ3v) is 4.42. The van der Waals surface area contributed by atoms with Gasteiger partial charge < -0.3 is 14.5 Å². The maximum absolute atomic E-state index is 12.9. The highest BCUT2D eigenvalue weighted by molar-refractivity contribution is 5.92. The molecule has 3 aromatic rings. The maximum Gasteiger partial charge on any atom is 0.416 e. The van der Waals surface area contributed by atoms with Crippen LogP contribution in [0.15, 0.2) is 51.7 Å². The van der Waals surface area contributed by atoms with E-state index in [1.807, 2.05) is 12.2 Å². The van der Waals surface area contributed by atoms with Crippen molar-refractivity contribution in [2.75, 3.05) is 11.9 Å². The van der Waals surface area contributed by atoms with E-state index in [2.05, 4.69) is 0 Å². The van der Waals surface area contributed by atoms with Crippen molar-refractivity contribution in [1.82, 2.24) is 0 Å². The van der Waals surface area contributed by atoms with Crippen molar-refractivity contribution in [2.45, 2.75) is 25.7 Å². The van der Waals surface area contributed by atoms with E-state index in [0.717, 1.165) is 5.56 Å². The number of ether oxygens (including phenoxy) is 1. The summed E-state index contributed by atoms with van der Waals surface area (Å²) in [5.74, 6) is -0.870. The van der Waals surface area contributed by atoms with Crippen LogP contribution in [0.4, 0.5) is 32.0 Å². The van der Waals surface area contributed by atoms with Crippen molar-refractivity contribution < 1.29 is 40.3 Å². The Morgan fingerprint density at radius 1 is 0.969 bits per heavy atom. The summed E-state index contributed by atoms with van der Waals surface area (Å²) in [6.45, 7) is 1.14. The first-order chi connectivity index (χ1) is 14.9. The van der Waals surface area contributed by atoms with Gasteiger partial charge in [0.2, 0.25) is 0 Å². The summed E-state index contributed by atoms with van der Waals surface area (Å²) < 4.78 is 87.8. The summed E-state index contributed by atoms with van der Waals surface area (Å²) in [6, 6.07) is 6.54. The Balaban J connectivity index is 1.77. The van der Waals surface area contributed by atoms with Crippen LogP contribution in [-0.2, 0) is 23.6 Å². The molecule has 170 valence electrons. The fourth-order valence-electron chi connectivity index (χ4n) is 2.97. The molecule has 0 atom stereocenters. The average Bonchev–Trinajstić information content (AvgIpc) is 2.69. The minimum absolute atomic E-state index is 0.0421. The van der Waals surface area contributed by atoms with E-state index in [4.69, 9.17) is 9.15 Å². The van der Waals surface area contributed by atoms with Gasteiger partial charge in [-0.3, -0.25) is 4.79 Å². The highest BCUT2D eigenvalue weighted by atomic mass is 19.4. The van der Waals surface area contributed by atoms with Crippen LogP contribution in [0.5, 0.6) is 5.75 Å². The molecule has 5 nitrogen and oxygen atoms in total. The number of carbonyl (C=O) groups is 1. The van der Waals surface area contributed by atoms with Crippen LogP contribution in [0.1, 0.15) is 23.6 Å². The Hall–Kier alpha value is -3.50. The molecule has 0 unspecified atom stereocenters. The van der Waals surface area contributed by atoms with Gasteiger partial charge in [0, 0.05) is 23.2 Å². The lowest BCUT2D eigenvalue weighted by molar-refractivity contribution is -0.143. The topological polar surface area (TPSA) is 68.5 Å². The number of benzene rings is 2. The Morgan fingerprint density at radius 3 is 2.16 bits per heavy atom. The molecule has 0 spiro atoms. The second kappa shape index (κ2) is 8.56. The van der Waals surface area contributed by atoms with E-state index in [1.165, 1.54) is 18.2 Å². The third kappa shape index (κ3) is 5.40. The van der Waals surface area contributed by atoms with Crippen molar-refractivity contribution in [2.24, 2.45) is 0 Å². The number of halogens is 6. The van der Waals surface area contributed by atoms with Crippen molar-refractivity contribution in [1.29, 1.82) is 0 Å². The number of carbonyl (C=O) groups excluding carboxylic acids is 1. The predicted molar refractivity (Wildman–Crippen MR) is 102 cm³/mol. The molecule has 1 N–H and O–H groups in total. The first-order valence-electron chi connectivity index (χ1n) is 9.15. The lowest BCUT2D eigenvalue weighted by atomic mass is 10.1. The second-order valence-electron chi connectivity index (χ2n) is 6.73. The van der Waals surface area contributed by atoms with E-state index < -0.39 is 47.3 Å². The highest BCUT2D eigenvalue weighted by Gasteiger charge is 2.37. The van der Waals surface area contributed by atoms with Gasteiger partial charge in [-0.05, 0) is 42.3 Å². The van der Waals surface area contributed by atoms with Gasteiger partial charge in [0.1, 0.15) is 11.3 Å². The van der Waals surface area contributed by atoms with Crippen molar-refractivity contribution in [3.63, 3.8) is 0 Å². The molecule has 1 heterocycles. The maximum atomic E-state index is 12.9. The minimum atomic E-state index is -5.04. The standard InChI is InChI=1S/C21H15F6NO4/c1-2-11-5-19(30)32-17-9-15(3-4-16(11)17)31-10-18(29)28-14-7-12(20(22,23)24)6-13(8-14)21(25,26)27/h3-9H,2,10H2,1H3,(H,28,29). The molecule has 2 aromatic carbocycles. The van der Waals surface area contributed by atoms with Gasteiger partial charge in [-0.15, -0.1) is 0 Å².